The fourth-order valence-electron chi connectivity index (χ4n) is 3.27. The quantitative estimate of drug-likeness (QED) is 0.599. The van der Waals surface area contributed by atoms with Crippen LogP contribution in [0.3, 0.4) is 0 Å². The Balaban J connectivity index is 1.74. The normalized spacial score (nSPS) is 11.2. The second kappa shape index (κ2) is 9.59. The Kier molecular flexibility index (Phi) is 6.88. The Labute approximate surface area is 183 Å². The summed E-state index contributed by atoms with van der Waals surface area (Å²) in [4.78, 5) is 12.8. The van der Waals surface area contributed by atoms with Crippen LogP contribution in [0.4, 0.5) is 0 Å². The van der Waals surface area contributed by atoms with E-state index in [0.29, 0.717) is 18.7 Å². The van der Waals surface area contributed by atoms with Gasteiger partial charge in [0.05, 0.1) is 42.1 Å². The summed E-state index contributed by atoms with van der Waals surface area (Å²) in [6.45, 7) is 7.07. The fraction of sp³-hybridized carbons (Fsp3) is 0.320. The van der Waals surface area contributed by atoms with Crippen LogP contribution in [0.15, 0.2) is 54.7 Å². The maximum atomic E-state index is 12.8. The van der Waals surface area contributed by atoms with Gasteiger partial charge in [0.15, 0.2) is 0 Å². The van der Waals surface area contributed by atoms with Crippen LogP contribution in [-0.2, 0) is 29.8 Å². The van der Waals surface area contributed by atoms with Crippen molar-refractivity contribution in [1.29, 1.82) is 5.26 Å². The van der Waals surface area contributed by atoms with Crippen LogP contribution in [0.25, 0.3) is 0 Å². The van der Waals surface area contributed by atoms with Crippen molar-refractivity contribution in [3.63, 3.8) is 0 Å². The van der Waals surface area contributed by atoms with Crippen molar-refractivity contribution < 1.29 is 9.53 Å². The summed E-state index contributed by atoms with van der Waals surface area (Å²) in [5.41, 5.74) is 4.93. The highest BCUT2D eigenvalue weighted by molar-refractivity contribution is 5.95. The SMILES string of the molecule is COCc1c(C(=O)NCc2ccc(C)cc2)cnn1Cc1ccc(C(C)(C)C#N)cc1. The van der Waals surface area contributed by atoms with Gasteiger partial charge in [-0.05, 0) is 37.5 Å². The van der Waals surface area contributed by atoms with Gasteiger partial charge in [0, 0.05) is 13.7 Å². The summed E-state index contributed by atoms with van der Waals surface area (Å²) < 4.78 is 7.12. The smallest absolute Gasteiger partial charge is 0.255 e. The van der Waals surface area contributed by atoms with Crippen LogP contribution in [0.1, 0.15) is 52.2 Å². The molecule has 3 rings (SSSR count). The van der Waals surface area contributed by atoms with E-state index in [1.54, 1.807) is 18.0 Å². The van der Waals surface area contributed by atoms with Gasteiger partial charge in [-0.2, -0.15) is 10.4 Å². The molecule has 0 unspecified atom stereocenters. The van der Waals surface area contributed by atoms with E-state index in [-0.39, 0.29) is 12.5 Å². The Hall–Kier alpha value is -3.43. The van der Waals surface area contributed by atoms with E-state index in [2.05, 4.69) is 16.5 Å². The van der Waals surface area contributed by atoms with Crippen molar-refractivity contribution in [3.8, 4) is 6.07 Å². The van der Waals surface area contributed by atoms with Crippen molar-refractivity contribution in [2.24, 2.45) is 0 Å². The number of hydrogen-bond acceptors (Lipinski definition) is 4. The number of methoxy groups -OCH3 is 1. The molecule has 0 spiro atoms. The van der Waals surface area contributed by atoms with Crippen LogP contribution in [0.2, 0.25) is 0 Å². The standard InChI is InChI=1S/C25H28N4O2/c1-18-5-7-19(8-6-18)13-27-24(30)22-14-28-29(23(22)16-31-4)15-20-9-11-21(12-10-20)25(2,3)17-26/h5-12,14H,13,15-16H2,1-4H3,(H,27,30). The maximum absolute atomic E-state index is 12.8. The Morgan fingerprint density at radius 2 is 1.77 bits per heavy atom. The average Bonchev–Trinajstić information content (AvgIpc) is 3.16. The lowest BCUT2D eigenvalue weighted by molar-refractivity contribution is 0.0945. The number of aryl methyl sites for hydroxylation is 1. The molecule has 1 amide bonds. The molecule has 160 valence electrons. The highest BCUT2D eigenvalue weighted by Gasteiger charge is 2.20. The molecule has 1 N–H and O–H groups in total. The van der Waals surface area contributed by atoms with Gasteiger partial charge in [-0.3, -0.25) is 9.48 Å². The van der Waals surface area contributed by atoms with Gasteiger partial charge in [0.2, 0.25) is 0 Å². The zero-order valence-electron chi connectivity index (χ0n) is 18.5. The number of ether oxygens (including phenoxy) is 1. The van der Waals surface area contributed by atoms with Crippen LogP contribution in [0, 0.1) is 18.3 Å². The van der Waals surface area contributed by atoms with E-state index < -0.39 is 5.41 Å². The number of nitrogens with one attached hydrogen (secondary N) is 1. The third-order valence-corrected chi connectivity index (χ3v) is 5.34. The predicted molar refractivity (Wildman–Crippen MR) is 119 cm³/mol. The maximum Gasteiger partial charge on any atom is 0.255 e. The minimum atomic E-state index is -0.534. The molecule has 3 aromatic rings. The molecule has 0 saturated heterocycles. The lowest BCUT2D eigenvalue weighted by Gasteiger charge is -2.16. The van der Waals surface area contributed by atoms with Gasteiger partial charge in [-0.15, -0.1) is 0 Å². The Morgan fingerprint density at radius 3 is 2.39 bits per heavy atom. The van der Waals surface area contributed by atoms with Gasteiger partial charge in [0.25, 0.3) is 5.91 Å². The van der Waals surface area contributed by atoms with Gasteiger partial charge in [-0.25, -0.2) is 0 Å². The van der Waals surface area contributed by atoms with Crippen LogP contribution >= 0.6 is 0 Å². The molecule has 31 heavy (non-hydrogen) atoms. The molecule has 6 nitrogen and oxygen atoms in total. The van der Waals surface area contributed by atoms with Crippen molar-refractivity contribution >= 4 is 5.91 Å². The number of carbonyl (C=O) groups excluding carboxylic acids is 1. The summed E-state index contributed by atoms with van der Waals surface area (Å²) in [6, 6.07) is 18.3. The zero-order chi connectivity index (χ0) is 22.4. The number of rotatable bonds is 8. The monoisotopic (exact) mass is 416 g/mol. The van der Waals surface area contributed by atoms with Gasteiger partial charge in [0.1, 0.15) is 0 Å². The van der Waals surface area contributed by atoms with Gasteiger partial charge in [-0.1, -0.05) is 54.1 Å². The predicted octanol–water partition coefficient (Wildman–Crippen LogP) is 4.12. The minimum Gasteiger partial charge on any atom is -0.378 e. The van der Waals surface area contributed by atoms with Crippen molar-refractivity contribution in [3.05, 3.63) is 88.2 Å². The summed E-state index contributed by atoms with van der Waals surface area (Å²) >= 11 is 0. The molecule has 0 aliphatic rings. The van der Waals surface area contributed by atoms with E-state index >= 15 is 0 Å². The van der Waals surface area contributed by atoms with E-state index in [0.717, 1.165) is 22.4 Å². The number of hydrogen-bond donors (Lipinski definition) is 1. The highest BCUT2D eigenvalue weighted by atomic mass is 16.5. The second-order valence-corrected chi connectivity index (χ2v) is 8.20. The first kappa shape index (κ1) is 22.3. The topological polar surface area (TPSA) is 79.9 Å². The first-order valence-corrected chi connectivity index (χ1v) is 10.2. The fourth-order valence-corrected chi connectivity index (χ4v) is 3.27. The molecule has 1 aromatic heterocycles. The molecular weight excluding hydrogens is 388 g/mol. The van der Waals surface area contributed by atoms with E-state index in [1.807, 2.05) is 69.3 Å². The molecule has 0 aliphatic carbocycles. The summed E-state index contributed by atoms with van der Waals surface area (Å²) in [7, 11) is 1.60. The number of benzene rings is 2. The lowest BCUT2D eigenvalue weighted by atomic mass is 9.86. The van der Waals surface area contributed by atoms with E-state index in [1.165, 1.54) is 5.56 Å². The molecule has 0 fully saturated rings. The van der Waals surface area contributed by atoms with Gasteiger partial charge < -0.3 is 10.1 Å². The summed E-state index contributed by atoms with van der Waals surface area (Å²) in [6.07, 6.45) is 1.59. The van der Waals surface area contributed by atoms with Gasteiger partial charge >= 0.3 is 0 Å². The number of carbonyl (C=O) groups is 1. The number of amides is 1. The summed E-state index contributed by atoms with van der Waals surface area (Å²) in [5, 5.41) is 16.7. The second-order valence-electron chi connectivity index (χ2n) is 8.20. The lowest BCUT2D eigenvalue weighted by Crippen LogP contribution is -2.24. The van der Waals surface area contributed by atoms with Crippen LogP contribution < -0.4 is 5.32 Å². The van der Waals surface area contributed by atoms with E-state index in [9.17, 15) is 10.1 Å². The molecule has 0 saturated carbocycles. The molecule has 0 aliphatic heterocycles. The molecule has 2 aromatic carbocycles. The van der Waals surface area contributed by atoms with E-state index in [4.69, 9.17) is 4.74 Å². The first-order valence-electron chi connectivity index (χ1n) is 10.2. The highest BCUT2D eigenvalue weighted by Crippen LogP contribution is 2.23. The first-order chi connectivity index (χ1) is 14.8. The molecule has 1 heterocycles. The average molecular weight is 417 g/mol. The Morgan fingerprint density at radius 1 is 1.13 bits per heavy atom. The number of nitriles is 1. The molecule has 6 heteroatoms. The molecule has 0 bridgehead atoms. The van der Waals surface area contributed by atoms with Crippen molar-refractivity contribution in [1.82, 2.24) is 15.1 Å². The third-order valence-electron chi connectivity index (χ3n) is 5.34. The Bertz CT molecular complexity index is 1070. The van der Waals surface area contributed by atoms with Crippen LogP contribution in [0.5, 0.6) is 0 Å². The number of aromatic nitrogens is 2. The van der Waals surface area contributed by atoms with Crippen molar-refractivity contribution in [2.45, 2.75) is 45.9 Å². The zero-order valence-corrected chi connectivity index (χ0v) is 18.5. The van der Waals surface area contributed by atoms with Crippen LogP contribution in [-0.4, -0.2) is 22.8 Å². The summed E-state index contributed by atoms with van der Waals surface area (Å²) in [5.74, 6) is -0.176. The largest absolute Gasteiger partial charge is 0.378 e. The number of nitrogens with zero attached hydrogens (tertiary/aromatic N) is 3. The molecule has 0 radical (unpaired) electrons. The minimum absolute atomic E-state index is 0.176. The van der Waals surface area contributed by atoms with Crippen molar-refractivity contribution in [2.75, 3.05) is 7.11 Å². The third kappa shape index (κ3) is 5.39. The molecular formula is C25H28N4O2. The molecule has 0 atom stereocenters.